The molecule has 3 rings (SSSR count). The number of hydrogen-bond acceptors (Lipinski definition) is 7. The third-order valence-corrected chi connectivity index (χ3v) is 6.00. The summed E-state index contributed by atoms with van der Waals surface area (Å²) in [6.07, 6.45) is 3.67. The summed E-state index contributed by atoms with van der Waals surface area (Å²) >= 11 is 1.45. The van der Waals surface area contributed by atoms with Crippen molar-refractivity contribution in [1.29, 1.82) is 0 Å². The molecule has 1 aromatic rings. The number of carbonyl (C=O) groups is 2. The van der Waals surface area contributed by atoms with Gasteiger partial charge in [0.1, 0.15) is 16.4 Å². The normalized spacial score (nSPS) is 20.0. The van der Waals surface area contributed by atoms with Gasteiger partial charge in [0.15, 0.2) is 0 Å². The highest BCUT2D eigenvalue weighted by molar-refractivity contribution is 7.17. The van der Waals surface area contributed by atoms with Crippen LogP contribution in [-0.4, -0.2) is 51.3 Å². The van der Waals surface area contributed by atoms with Gasteiger partial charge in [-0.2, -0.15) is 0 Å². The first kappa shape index (κ1) is 17.4. The summed E-state index contributed by atoms with van der Waals surface area (Å²) in [7, 11) is 3.09. The van der Waals surface area contributed by atoms with E-state index in [9.17, 15) is 9.59 Å². The Morgan fingerprint density at radius 3 is 2.58 bits per heavy atom. The molecule has 2 fully saturated rings. The van der Waals surface area contributed by atoms with E-state index in [1.807, 2.05) is 6.07 Å². The van der Waals surface area contributed by atoms with Crippen LogP contribution in [0.4, 0.5) is 5.00 Å². The predicted molar refractivity (Wildman–Crippen MR) is 92.6 cm³/mol. The summed E-state index contributed by atoms with van der Waals surface area (Å²) < 4.78 is 10.5. The lowest BCUT2D eigenvalue weighted by Crippen LogP contribution is -2.56. The standard InChI is InChI=1S/C17H24N2O4S/c1-22-16(21)14-5-6-15(24-14)19-9-7-17(23-2,8-10-19)18-11-13(20)12-3-4-12/h5-6,12,18H,3-4,7-11H2,1-2H3. The zero-order valence-corrected chi connectivity index (χ0v) is 15.0. The smallest absolute Gasteiger partial charge is 0.348 e. The van der Waals surface area contributed by atoms with Gasteiger partial charge in [0.05, 0.1) is 18.7 Å². The van der Waals surface area contributed by atoms with E-state index in [-0.39, 0.29) is 11.9 Å². The molecular formula is C17H24N2O4S. The van der Waals surface area contributed by atoms with Gasteiger partial charge in [0, 0.05) is 39.0 Å². The number of thiophene rings is 1. The van der Waals surface area contributed by atoms with E-state index in [2.05, 4.69) is 10.2 Å². The van der Waals surface area contributed by atoms with Gasteiger partial charge in [-0.1, -0.05) is 0 Å². The van der Waals surface area contributed by atoms with Gasteiger partial charge >= 0.3 is 5.97 Å². The molecule has 0 unspecified atom stereocenters. The number of nitrogens with zero attached hydrogens (tertiary/aromatic N) is 1. The molecule has 7 heteroatoms. The molecule has 0 spiro atoms. The fourth-order valence-electron chi connectivity index (χ4n) is 3.05. The van der Waals surface area contributed by atoms with Crippen LogP contribution in [0.15, 0.2) is 12.1 Å². The minimum absolute atomic E-state index is 0.273. The lowest BCUT2D eigenvalue weighted by molar-refractivity contribution is -0.122. The van der Waals surface area contributed by atoms with Crippen molar-refractivity contribution in [3.05, 3.63) is 17.0 Å². The molecule has 0 bridgehead atoms. The summed E-state index contributed by atoms with van der Waals surface area (Å²) in [6.45, 7) is 2.03. The number of hydrogen-bond donors (Lipinski definition) is 1. The van der Waals surface area contributed by atoms with Gasteiger partial charge in [0.2, 0.25) is 0 Å². The number of anilines is 1. The Morgan fingerprint density at radius 1 is 1.29 bits per heavy atom. The van der Waals surface area contributed by atoms with Crippen LogP contribution in [0.3, 0.4) is 0 Å². The van der Waals surface area contributed by atoms with Crippen LogP contribution >= 0.6 is 11.3 Å². The quantitative estimate of drug-likeness (QED) is 0.598. The van der Waals surface area contributed by atoms with Crippen molar-refractivity contribution in [2.45, 2.75) is 31.4 Å². The second kappa shape index (κ2) is 7.21. The van der Waals surface area contributed by atoms with Crippen molar-refractivity contribution >= 4 is 28.1 Å². The number of ketones is 1. The Kier molecular flexibility index (Phi) is 5.22. The molecule has 132 valence electrons. The van der Waals surface area contributed by atoms with E-state index in [0.717, 1.165) is 43.8 Å². The van der Waals surface area contributed by atoms with Crippen molar-refractivity contribution in [2.75, 3.05) is 38.8 Å². The Morgan fingerprint density at radius 2 is 2.00 bits per heavy atom. The highest BCUT2D eigenvalue weighted by atomic mass is 32.1. The zero-order chi connectivity index (χ0) is 17.2. The first-order valence-corrected chi connectivity index (χ1v) is 9.14. The van der Waals surface area contributed by atoms with Crippen molar-refractivity contribution in [3.63, 3.8) is 0 Å². The van der Waals surface area contributed by atoms with Gasteiger partial charge in [-0.3, -0.25) is 10.1 Å². The maximum Gasteiger partial charge on any atom is 0.348 e. The molecule has 0 amide bonds. The Labute approximate surface area is 146 Å². The maximum absolute atomic E-state index is 11.9. The largest absolute Gasteiger partial charge is 0.465 e. The van der Waals surface area contributed by atoms with Crippen molar-refractivity contribution in [3.8, 4) is 0 Å². The Bertz CT molecular complexity index is 603. The van der Waals surface area contributed by atoms with E-state index in [1.54, 1.807) is 13.2 Å². The number of ether oxygens (including phenoxy) is 2. The van der Waals surface area contributed by atoms with Crippen LogP contribution < -0.4 is 10.2 Å². The molecule has 1 aromatic heterocycles. The van der Waals surface area contributed by atoms with E-state index in [0.29, 0.717) is 17.2 Å². The molecule has 0 atom stereocenters. The minimum atomic E-state index is -0.427. The van der Waals surface area contributed by atoms with E-state index in [4.69, 9.17) is 9.47 Å². The number of Topliss-reactive ketones (excluding diaryl/α,β-unsaturated/α-hetero) is 1. The average molecular weight is 352 g/mol. The Hall–Kier alpha value is -1.44. The van der Waals surface area contributed by atoms with Gasteiger partial charge in [-0.15, -0.1) is 11.3 Å². The third-order valence-electron chi connectivity index (χ3n) is 4.87. The van der Waals surface area contributed by atoms with Crippen molar-refractivity contribution in [1.82, 2.24) is 5.32 Å². The number of rotatable bonds is 7. The third kappa shape index (κ3) is 3.79. The molecule has 1 aliphatic carbocycles. The molecule has 1 N–H and O–H groups in total. The fourth-order valence-corrected chi connectivity index (χ4v) is 4.02. The summed E-state index contributed by atoms with van der Waals surface area (Å²) in [5, 5.41) is 4.41. The zero-order valence-electron chi connectivity index (χ0n) is 14.2. The van der Waals surface area contributed by atoms with Crippen LogP contribution in [0.5, 0.6) is 0 Å². The molecule has 0 radical (unpaired) electrons. The number of methoxy groups -OCH3 is 2. The van der Waals surface area contributed by atoms with Crippen LogP contribution in [0.2, 0.25) is 0 Å². The van der Waals surface area contributed by atoms with Crippen LogP contribution in [-0.2, 0) is 14.3 Å². The van der Waals surface area contributed by atoms with Crippen molar-refractivity contribution < 1.29 is 19.1 Å². The molecule has 2 aliphatic rings. The lowest BCUT2D eigenvalue weighted by atomic mass is 9.99. The highest BCUT2D eigenvalue weighted by Crippen LogP contribution is 2.33. The molecule has 2 heterocycles. The minimum Gasteiger partial charge on any atom is -0.465 e. The van der Waals surface area contributed by atoms with E-state index >= 15 is 0 Å². The first-order valence-electron chi connectivity index (χ1n) is 8.33. The molecule has 6 nitrogen and oxygen atoms in total. The fraction of sp³-hybridized carbons (Fsp3) is 0.647. The monoisotopic (exact) mass is 352 g/mol. The van der Waals surface area contributed by atoms with Crippen LogP contribution in [0.1, 0.15) is 35.4 Å². The second-order valence-electron chi connectivity index (χ2n) is 6.41. The van der Waals surface area contributed by atoms with Crippen LogP contribution in [0.25, 0.3) is 0 Å². The second-order valence-corrected chi connectivity index (χ2v) is 7.47. The summed E-state index contributed by atoms with van der Waals surface area (Å²) in [4.78, 5) is 26.4. The predicted octanol–water partition coefficient (Wildman–Crippen LogP) is 2.05. The first-order chi connectivity index (χ1) is 11.6. The topological polar surface area (TPSA) is 67.9 Å². The van der Waals surface area contributed by atoms with Gasteiger partial charge < -0.3 is 14.4 Å². The van der Waals surface area contributed by atoms with Crippen molar-refractivity contribution in [2.24, 2.45) is 5.92 Å². The van der Waals surface area contributed by atoms with Gasteiger partial charge in [0.25, 0.3) is 0 Å². The summed E-state index contributed by atoms with van der Waals surface area (Å²) in [5.74, 6) is 0.277. The maximum atomic E-state index is 11.9. The molecular weight excluding hydrogens is 328 g/mol. The number of carbonyl (C=O) groups excluding carboxylic acids is 2. The lowest BCUT2D eigenvalue weighted by Gasteiger charge is -2.41. The Balaban J connectivity index is 1.55. The highest BCUT2D eigenvalue weighted by Gasteiger charge is 2.37. The SMILES string of the molecule is COC(=O)c1ccc(N2CCC(NCC(=O)C3CC3)(OC)CC2)s1. The average Bonchev–Trinajstić information content (AvgIpc) is 3.36. The summed E-state index contributed by atoms with van der Waals surface area (Å²) in [5.41, 5.74) is -0.427. The molecule has 1 aliphatic heterocycles. The van der Waals surface area contributed by atoms with Crippen LogP contribution in [0, 0.1) is 5.92 Å². The number of nitrogens with one attached hydrogen (secondary N) is 1. The molecule has 0 aromatic carbocycles. The number of esters is 1. The van der Waals surface area contributed by atoms with Gasteiger partial charge in [-0.25, -0.2) is 4.79 Å². The number of piperidine rings is 1. The van der Waals surface area contributed by atoms with Gasteiger partial charge in [-0.05, 0) is 25.0 Å². The molecule has 24 heavy (non-hydrogen) atoms. The molecule has 1 saturated carbocycles. The summed E-state index contributed by atoms with van der Waals surface area (Å²) in [6, 6.07) is 3.76. The van der Waals surface area contributed by atoms with E-state index in [1.165, 1.54) is 18.4 Å². The molecule has 1 saturated heterocycles. The van der Waals surface area contributed by atoms with E-state index < -0.39 is 5.72 Å².